The number of fused-ring (bicyclic) bond motifs is 3. The van der Waals surface area contributed by atoms with E-state index in [1.54, 1.807) is 25.5 Å². The molecule has 164 valence electrons. The number of halogens is 2. The first kappa shape index (κ1) is 26.5. The van der Waals surface area contributed by atoms with Crippen LogP contribution in [-0.4, -0.2) is 3.21 Å². The van der Waals surface area contributed by atoms with Crippen molar-refractivity contribution in [3.63, 3.8) is 0 Å². The smallest absolute Gasteiger partial charge is 1.00 e. The van der Waals surface area contributed by atoms with E-state index in [1.807, 2.05) is 3.28 Å². The molecule has 0 heterocycles. The summed E-state index contributed by atoms with van der Waals surface area (Å²) in [5, 5.41) is 0. The molecule has 2 aliphatic carbocycles. The molecule has 0 aliphatic heterocycles. The fourth-order valence-corrected chi connectivity index (χ4v) is 14.8. The monoisotopic (exact) mass is 530 g/mol. The normalized spacial score (nSPS) is 17.1. The molecular formula is C28H34Cl2Zr. The molecule has 31 heavy (non-hydrogen) atoms. The average molecular weight is 533 g/mol. The van der Waals surface area contributed by atoms with E-state index in [0.717, 1.165) is 6.42 Å². The van der Waals surface area contributed by atoms with Crippen molar-refractivity contribution in [3.8, 4) is 11.1 Å². The van der Waals surface area contributed by atoms with Gasteiger partial charge in [0.2, 0.25) is 0 Å². The maximum absolute atomic E-state index is 2.60. The van der Waals surface area contributed by atoms with Crippen LogP contribution in [0.4, 0.5) is 0 Å². The Hall–Kier alpha value is -0.747. The van der Waals surface area contributed by atoms with Crippen LogP contribution in [0, 0.1) is 11.3 Å². The molecule has 1 atom stereocenters. The van der Waals surface area contributed by atoms with Gasteiger partial charge < -0.3 is 24.8 Å². The minimum atomic E-state index is -2.15. The van der Waals surface area contributed by atoms with Crippen molar-refractivity contribution in [3.05, 3.63) is 80.2 Å². The third-order valence-electron chi connectivity index (χ3n) is 6.64. The van der Waals surface area contributed by atoms with Gasteiger partial charge >= 0.3 is 186 Å². The molecule has 1 unspecified atom stereocenters. The maximum Gasteiger partial charge on any atom is -1.00 e. The second-order valence-corrected chi connectivity index (χ2v) is 17.1. The SMILES string of the molecule is CCC1=[C]([Zr+2](=[C](C)C)[CH]2c3ccccc3-c3ccccc32)C(C)C=C1C(C)(C)C.[Cl-].[Cl-]. The van der Waals surface area contributed by atoms with Gasteiger partial charge in [-0.25, -0.2) is 0 Å². The van der Waals surface area contributed by atoms with E-state index in [2.05, 4.69) is 103 Å². The van der Waals surface area contributed by atoms with Crippen LogP contribution in [0.2, 0.25) is 0 Å². The van der Waals surface area contributed by atoms with E-state index < -0.39 is 21.3 Å². The molecule has 0 radical (unpaired) electrons. The summed E-state index contributed by atoms with van der Waals surface area (Å²) in [6.45, 7) is 16.8. The van der Waals surface area contributed by atoms with Gasteiger partial charge in [-0.15, -0.1) is 0 Å². The average Bonchev–Trinajstić information content (AvgIpc) is 3.18. The summed E-state index contributed by atoms with van der Waals surface area (Å²) >= 11 is -2.15. The van der Waals surface area contributed by atoms with Gasteiger partial charge in [0.1, 0.15) is 0 Å². The standard InChI is InChI=1S/C13H9.C12H19.C3H6.2ClH.Zr/c1-3-7-12-10(5-1)9-11-6-2-4-8-13(11)12;1-6-10-7-9(2)8-11(10)12(3,4)5;1-3-2;;;/h1-9H;8-9H,6H2,1-5H3;1-2H3;2*1H;/q;;;;;+2/p-2. The van der Waals surface area contributed by atoms with Gasteiger partial charge in [-0.2, -0.15) is 0 Å². The zero-order chi connectivity index (χ0) is 20.9. The summed E-state index contributed by atoms with van der Waals surface area (Å²) in [5.74, 6) is 0.586. The van der Waals surface area contributed by atoms with Crippen molar-refractivity contribution in [2.75, 3.05) is 0 Å². The molecule has 2 aromatic rings. The zero-order valence-electron chi connectivity index (χ0n) is 19.8. The van der Waals surface area contributed by atoms with E-state index in [-0.39, 0.29) is 30.2 Å². The second-order valence-electron chi connectivity index (χ2n) is 9.89. The molecule has 0 saturated heterocycles. The Morgan fingerprint density at radius 2 is 1.35 bits per heavy atom. The van der Waals surface area contributed by atoms with Crippen LogP contribution in [0.15, 0.2) is 69.0 Å². The molecule has 0 N–H and O–H groups in total. The molecular weight excluding hydrogens is 498 g/mol. The quantitative estimate of drug-likeness (QED) is 0.567. The topological polar surface area (TPSA) is 0 Å². The van der Waals surface area contributed by atoms with Crippen LogP contribution in [0.25, 0.3) is 11.1 Å². The number of hydrogen-bond donors (Lipinski definition) is 0. The molecule has 2 aromatic carbocycles. The van der Waals surface area contributed by atoms with Crippen molar-refractivity contribution in [1.82, 2.24) is 0 Å². The van der Waals surface area contributed by atoms with E-state index in [0.29, 0.717) is 9.54 Å². The number of rotatable bonds is 3. The number of allylic oxidation sites excluding steroid dienone is 4. The predicted octanol–water partition coefficient (Wildman–Crippen LogP) is 1.88. The summed E-state index contributed by atoms with van der Waals surface area (Å²) in [4.78, 5) is 0. The van der Waals surface area contributed by atoms with Crippen molar-refractivity contribution >= 4 is 3.21 Å². The summed E-state index contributed by atoms with van der Waals surface area (Å²) in [7, 11) is 0. The Labute approximate surface area is 209 Å². The third-order valence-corrected chi connectivity index (χ3v) is 15.5. The van der Waals surface area contributed by atoms with Crippen LogP contribution in [0.1, 0.15) is 69.6 Å². The minimum Gasteiger partial charge on any atom is -1.00 e. The summed E-state index contributed by atoms with van der Waals surface area (Å²) < 4.78 is 4.19. The summed E-state index contributed by atoms with van der Waals surface area (Å²) in [5.41, 5.74) is 9.65. The van der Waals surface area contributed by atoms with Crippen LogP contribution in [0.5, 0.6) is 0 Å². The van der Waals surface area contributed by atoms with E-state index in [4.69, 9.17) is 0 Å². The van der Waals surface area contributed by atoms with Gasteiger partial charge in [-0.05, 0) is 0 Å². The molecule has 3 heteroatoms. The molecule has 0 spiro atoms. The summed E-state index contributed by atoms with van der Waals surface area (Å²) in [6, 6.07) is 18.4. The fourth-order valence-electron chi connectivity index (χ4n) is 5.53. The molecule has 0 nitrogen and oxygen atoms in total. The maximum atomic E-state index is 2.60. The Balaban J connectivity index is 0.00000171. The molecule has 4 rings (SSSR count). The first-order chi connectivity index (χ1) is 13.8. The fraction of sp³-hybridized carbons (Fsp3) is 0.393. The first-order valence-electron chi connectivity index (χ1n) is 11.1. The predicted molar refractivity (Wildman–Crippen MR) is 124 cm³/mol. The van der Waals surface area contributed by atoms with Crippen LogP contribution in [0.3, 0.4) is 0 Å². The molecule has 0 amide bonds. The Kier molecular flexibility index (Phi) is 8.57. The summed E-state index contributed by atoms with van der Waals surface area (Å²) in [6.07, 6.45) is 3.76. The number of benzene rings is 2. The Morgan fingerprint density at radius 3 is 1.77 bits per heavy atom. The molecule has 0 aromatic heterocycles. The van der Waals surface area contributed by atoms with Gasteiger partial charge in [0.25, 0.3) is 0 Å². The Morgan fingerprint density at radius 1 is 0.871 bits per heavy atom. The number of hydrogen-bond acceptors (Lipinski definition) is 0. The van der Waals surface area contributed by atoms with Crippen LogP contribution in [-0.2, 0) is 21.3 Å². The van der Waals surface area contributed by atoms with Gasteiger partial charge in [0, 0.05) is 0 Å². The van der Waals surface area contributed by atoms with Crippen molar-refractivity contribution in [1.29, 1.82) is 0 Å². The van der Waals surface area contributed by atoms with Gasteiger partial charge in [-0.1, -0.05) is 0 Å². The molecule has 0 bridgehead atoms. The molecule has 0 saturated carbocycles. The largest absolute Gasteiger partial charge is 1.00 e. The van der Waals surface area contributed by atoms with E-state index in [1.165, 1.54) is 11.1 Å². The second kappa shape index (κ2) is 10.0. The molecule has 2 aliphatic rings. The van der Waals surface area contributed by atoms with E-state index >= 15 is 0 Å². The van der Waals surface area contributed by atoms with Crippen molar-refractivity contribution in [2.45, 2.75) is 58.5 Å². The minimum absolute atomic E-state index is 0. The van der Waals surface area contributed by atoms with Crippen molar-refractivity contribution < 1.29 is 46.1 Å². The van der Waals surface area contributed by atoms with Gasteiger partial charge in [0.05, 0.1) is 0 Å². The first-order valence-corrected chi connectivity index (χ1v) is 14.9. The molecule has 0 fully saturated rings. The van der Waals surface area contributed by atoms with Gasteiger partial charge in [0.15, 0.2) is 0 Å². The zero-order valence-corrected chi connectivity index (χ0v) is 23.8. The van der Waals surface area contributed by atoms with E-state index in [9.17, 15) is 0 Å². The third kappa shape index (κ3) is 4.53. The van der Waals surface area contributed by atoms with Gasteiger partial charge in [-0.3, -0.25) is 0 Å². The van der Waals surface area contributed by atoms with Crippen LogP contribution < -0.4 is 24.8 Å². The Bertz CT molecular complexity index is 1020. The van der Waals surface area contributed by atoms with Crippen LogP contribution >= 0.6 is 0 Å². The van der Waals surface area contributed by atoms with Crippen molar-refractivity contribution in [2.24, 2.45) is 11.3 Å².